The monoisotopic (exact) mass is 227 g/mol. The molecule has 0 bridgehead atoms. The van der Waals surface area contributed by atoms with Crippen LogP contribution >= 0.6 is 0 Å². The first-order chi connectivity index (χ1) is 7.54. The van der Waals surface area contributed by atoms with Crippen LogP contribution in [0, 0.1) is 5.41 Å². The van der Waals surface area contributed by atoms with E-state index in [0.717, 1.165) is 45.4 Å². The minimum absolute atomic E-state index is 0.198. The van der Waals surface area contributed by atoms with Crippen LogP contribution in [0.25, 0.3) is 0 Å². The van der Waals surface area contributed by atoms with Crippen molar-refractivity contribution < 1.29 is 4.79 Å². The Balaban J connectivity index is 2.23. The lowest BCUT2D eigenvalue weighted by atomic mass is 9.82. The highest BCUT2D eigenvalue weighted by Gasteiger charge is 2.34. The molecule has 1 amide bonds. The van der Waals surface area contributed by atoms with Gasteiger partial charge in [-0.15, -0.1) is 0 Å². The van der Waals surface area contributed by atoms with E-state index in [2.05, 4.69) is 22.5 Å². The maximum atomic E-state index is 12.0. The molecule has 0 aromatic heterocycles. The van der Waals surface area contributed by atoms with Crippen LogP contribution in [0.1, 0.15) is 26.2 Å². The third-order valence-corrected chi connectivity index (χ3v) is 3.21. The highest BCUT2D eigenvalue weighted by Crippen LogP contribution is 2.25. The molecule has 4 nitrogen and oxygen atoms in total. The first kappa shape index (κ1) is 13.5. The number of piperidine rings is 1. The number of rotatable bonds is 5. The van der Waals surface area contributed by atoms with Gasteiger partial charge >= 0.3 is 0 Å². The van der Waals surface area contributed by atoms with E-state index >= 15 is 0 Å². The van der Waals surface area contributed by atoms with Crippen molar-refractivity contribution in [1.82, 2.24) is 15.5 Å². The Morgan fingerprint density at radius 2 is 2.25 bits per heavy atom. The van der Waals surface area contributed by atoms with Gasteiger partial charge < -0.3 is 15.5 Å². The second-order valence-electron chi connectivity index (χ2n) is 5.25. The third kappa shape index (κ3) is 4.10. The summed E-state index contributed by atoms with van der Waals surface area (Å²) in [5, 5.41) is 6.34. The molecular weight excluding hydrogens is 202 g/mol. The van der Waals surface area contributed by atoms with Gasteiger partial charge in [-0.05, 0) is 53.4 Å². The fourth-order valence-corrected chi connectivity index (χ4v) is 2.06. The largest absolute Gasteiger partial charge is 0.356 e. The minimum atomic E-state index is -0.198. The lowest BCUT2D eigenvalue weighted by Crippen LogP contribution is -2.49. The van der Waals surface area contributed by atoms with Gasteiger partial charge in [0.2, 0.25) is 5.91 Å². The van der Waals surface area contributed by atoms with E-state index in [1.807, 2.05) is 14.1 Å². The Bertz CT molecular complexity index is 222. The number of amides is 1. The molecule has 0 radical (unpaired) electrons. The molecule has 1 rings (SSSR count). The molecule has 0 aliphatic carbocycles. The van der Waals surface area contributed by atoms with Gasteiger partial charge in [-0.3, -0.25) is 4.79 Å². The van der Waals surface area contributed by atoms with Crippen molar-refractivity contribution in [2.45, 2.75) is 26.2 Å². The normalized spacial score (nSPS) is 25.8. The summed E-state index contributed by atoms with van der Waals surface area (Å²) in [7, 11) is 4.10. The Morgan fingerprint density at radius 3 is 2.81 bits per heavy atom. The molecule has 0 aromatic carbocycles. The average molecular weight is 227 g/mol. The van der Waals surface area contributed by atoms with Crippen molar-refractivity contribution in [3.63, 3.8) is 0 Å². The zero-order valence-corrected chi connectivity index (χ0v) is 10.8. The molecule has 16 heavy (non-hydrogen) atoms. The maximum Gasteiger partial charge on any atom is 0.227 e. The molecule has 1 atom stereocenters. The second kappa shape index (κ2) is 6.21. The van der Waals surface area contributed by atoms with Crippen LogP contribution in [0.15, 0.2) is 0 Å². The molecule has 1 aliphatic heterocycles. The molecular formula is C12H25N3O. The number of hydrogen-bond donors (Lipinski definition) is 2. The van der Waals surface area contributed by atoms with E-state index in [4.69, 9.17) is 0 Å². The fourth-order valence-electron chi connectivity index (χ4n) is 2.06. The van der Waals surface area contributed by atoms with Crippen LogP contribution in [0.4, 0.5) is 0 Å². The molecule has 1 heterocycles. The predicted octanol–water partition coefficient (Wildman–Crippen LogP) is 0.444. The van der Waals surface area contributed by atoms with E-state index in [-0.39, 0.29) is 11.3 Å². The summed E-state index contributed by atoms with van der Waals surface area (Å²) in [5.74, 6) is 0.207. The van der Waals surface area contributed by atoms with Crippen LogP contribution in [0.5, 0.6) is 0 Å². The van der Waals surface area contributed by atoms with E-state index in [9.17, 15) is 4.79 Å². The zero-order valence-electron chi connectivity index (χ0n) is 10.8. The van der Waals surface area contributed by atoms with Gasteiger partial charge in [0, 0.05) is 13.1 Å². The van der Waals surface area contributed by atoms with Crippen molar-refractivity contribution in [3.05, 3.63) is 0 Å². The molecule has 4 heteroatoms. The van der Waals surface area contributed by atoms with Gasteiger partial charge in [-0.1, -0.05) is 0 Å². The second-order valence-corrected chi connectivity index (χ2v) is 5.25. The van der Waals surface area contributed by atoms with Crippen molar-refractivity contribution in [2.24, 2.45) is 5.41 Å². The number of nitrogens with zero attached hydrogens (tertiary/aromatic N) is 1. The van der Waals surface area contributed by atoms with Gasteiger partial charge in [0.1, 0.15) is 0 Å². The van der Waals surface area contributed by atoms with E-state index in [0.29, 0.717) is 0 Å². The average Bonchev–Trinajstić information content (AvgIpc) is 2.25. The Hall–Kier alpha value is -0.610. The summed E-state index contributed by atoms with van der Waals surface area (Å²) in [6.45, 7) is 5.72. The van der Waals surface area contributed by atoms with Crippen molar-refractivity contribution in [2.75, 3.05) is 40.3 Å². The van der Waals surface area contributed by atoms with Crippen LogP contribution < -0.4 is 10.6 Å². The quantitative estimate of drug-likeness (QED) is 0.670. The van der Waals surface area contributed by atoms with Gasteiger partial charge in [0.25, 0.3) is 0 Å². The van der Waals surface area contributed by atoms with Crippen molar-refractivity contribution in [3.8, 4) is 0 Å². The smallest absolute Gasteiger partial charge is 0.227 e. The standard InChI is InChI=1S/C12H25N3O/c1-12(6-4-7-13-10-12)11(16)14-8-5-9-15(2)3/h13H,4-10H2,1-3H3,(H,14,16). The molecule has 2 N–H and O–H groups in total. The van der Waals surface area contributed by atoms with E-state index < -0.39 is 0 Å². The minimum Gasteiger partial charge on any atom is -0.356 e. The SMILES string of the molecule is CN(C)CCCNC(=O)C1(C)CCCNC1. The van der Waals surface area contributed by atoms with Crippen LogP contribution in [0.3, 0.4) is 0 Å². The van der Waals surface area contributed by atoms with Gasteiger partial charge in [-0.25, -0.2) is 0 Å². The first-order valence-corrected chi connectivity index (χ1v) is 6.18. The summed E-state index contributed by atoms with van der Waals surface area (Å²) in [4.78, 5) is 14.1. The topological polar surface area (TPSA) is 44.4 Å². The third-order valence-electron chi connectivity index (χ3n) is 3.21. The summed E-state index contributed by atoms with van der Waals surface area (Å²) in [6, 6.07) is 0. The van der Waals surface area contributed by atoms with Crippen LogP contribution in [-0.4, -0.2) is 51.1 Å². The molecule has 1 saturated heterocycles. The van der Waals surface area contributed by atoms with Gasteiger partial charge in [0.05, 0.1) is 5.41 Å². The summed E-state index contributed by atoms with van der Waals surface area (Å²) >= 11 is 0. The highest BCUT2D eigenvalue weighted by atomic mass is 16.2. The fraction of sp³-hybridized carbons (Fsp3) is 0.917. The summed E-state index contributed by atoms with van der Waals surface area (Å²) < 4.78 is 0. The van der Waals surface area contributed by atoms with E-state index in [1.165, 1.54) is 0 Å². The number of nitrogens with one attached hydrogen (secondary N) is 2. The molecule has 0 aromatic rings. The molecule has 1 aliphatic rings. The Labute approximate surface area is 98.8 Å². The maximum absolute atomic E-state index is 12.0. The number of carbonyl (C=O) groups excluding carboxylic acids is 1. The van der Waals surface area contributed by atoms with Crippen LogP contribution in [-0.2, 0) is 4.79 Å². The number of hydrogen-bond acceptors (Lipinski definition) is 3. The predicted molar refractivity (Wildman–Crippen MR) is 66.4 cm³/mol. The molecule has 1 fully saturated rings. The van der Waals surface area contributed by atoms with Gasteiger partial charge in [0.15, 0.2) is 0 Å². The van der Waals surface area contributed by atoms with Crippen molar-refractivity contribution in [1.29, 1.82) is 0 Å². The zero-order chi connectivity index (χ0) is 12.0. The molecule has 94 valence electrons. The number of carbonyl (C=O) groups is 1. The Kier molecular flexibility index (Phi) is 5.22. The molecule has 0 spiro atoms. The van der Waals surface area contributed by atoms with E-state index in [1.54, 1.807) is 0 Å². The molecule has 0 saturated carbocycles. The van der Waals surface area contributed by atoms with Crippen LogP contribution in [0.2, 0.25) is 0 Å². The lowest BCUT2D eigenvalue weighted by molar-refractivity contribution is -0.131. The Morgan fingerprint density at radius 1 is 1.50 bits per heavy atom. The van der Waals surface area contributed by atoms with Crippen molar-refractivity contribution >= 4 is 5.91 Å². The summed E-state index contributed by atoms with van der Waals surface area (Å²) in [6.07, 6.45) is 3.11. The first-order valence-electron chi connectivity index (χ1n) is 6.18. The lowest BCUT2D eigenvalue weighted by Gasteiger charge is -2.32. The summed E-state index contributed by atoms with van der Waals surface area (Å²) in [5.41, 5.74) is -0.198. The highest BCUT2D eigenvalue weighted by molar-refractivity contribution is 5.82. The molecule has 1 unspecified atom stereocenters. The van der Waals surface area contributed by atoms with Gasteiger partial charge in [-0.2, -0.15) is 0 Å².